The zero-order valence-corrected chi connectivity index (χ0v) is 13.0. The van der Waals surface area contributed by atoms with Crippen molar-refractivity contribution in [3.8, 4) is 5.69 Å². The molecule has 3 nitrogen and oxygen atoms in total. The molecule has 0 unspecified atom stereocenters. The molecule has 0 spiro atoms. The van der Waals surface area contributed by atoms with Gasteiger partial charge in [0.15, 0.2) is 0 Å². The first-order valence-corrected chi connectivity index (χ1v) is 7.61. The van der Waals surface area contributed by atoms with Crippen LogP contribution in [-0.4, -0.2) is 9.13 Å². The molecule has 1 aromatic heterocycles. The molecule has 0 N–H and O–H groups in total. The molecular formula is C17H15BrN2O. The molecular weight excluding hydrogens is 328 g/mol. The van der Waals surface area contributed by atoms with Crippen molar-refractivity contribution >= 4 is 15.9 Å². The van der Waals surface area contributed by atoms with E-state index in [0.29, 0.717) is 6.54 Å². The summed E-state index contributed by atoms with van der Waals surface area (Å²) in [5.41, 5.74) is 2.11. The summed E-state index contributed by atoms with van der Waals surface area (Å²) in [6.07, 6.45) is 4.51. The number of imidazole rings is 1. The van der Waals surface area contributed by atoms with Crippen molar-refractivity contribution < 1.29 is 0 Å². The number of benzene rings is 2. The van der Waals surface area contributed by atoms with E-state index in [4.69, 9.17) is 0 Å². The Morgan fingerprint density at radius 2 is 1.62 bits per heavy atom. The molecule has 0 saturated carbocycles. The highest BCUT2D eigenvalue weighted by molar-refractivity contribution is 9.10. The molecule has 0 saturated heterocycles. The topological polar surface area (TPSA) is 26.9 Å². The maximum Gasteiger partial charge on any atom is 0.332 e. The summed E-state index contributed by atoms with van der Waals surface area (Å²) < 4.78 is 4.41. The van der Waals surface area contributed by atoms with Gasteiger partial charge >= 0.3 is 5.69 Å². The van der Waals surface area contributed by atoms with Gasteiger partial charge in [-0.1, -0.05) is 46.3 Å². The molecule has 21 heavy (non-hydrogen) atoms. The fourth-order valence-corrected chi connectivity index (χ4v) is 2.54. The van der Waals surface area contributed by atoms with Crippen molar-refractivity contribution in [3.63, 3.8) is 0 Å². The summed E-state index contributed by atoms with van der Waals surface area (Å²) in [4.78, 5) is 12.4. The van der Waals surface area contributed by atoms with Crippen LogP contribution in [0.15, 0.2) is 76.3 Å². The number of hydrogen-bond acceptors (Lipinski definition) is 1. The molecule has 3 rings (SSSR count). The molecule has 0 bridgehead atoms. The fraction of sp³-hybridized carbons (Fsp3) is 0.118. The Bertz CT molecular complexity index is 773. The number of aromatic nitrogens is 2. The molecule has 0 amide bonds. The molecule has 0 radical (unpaired) electrons. The van der Waals surface area contributed by atoms with Crippen molar-refractivity contribution in [3.05, 3.63) is 87.5 Å². The van der Waals surface area contributed by atoms with Crippen LogP contribution in [0.1, 0.15) is 5.56 Å². The van der Waals surface area contributed by atoms with Gasteiger partial charge in [0.05, 0.1) is 5.69 Å². The molecule has 106 valence electrons. The van der Waals surface area contributed by atoms with Gasteiger partial charge in [0.2, 0.25) is 0 Å². The van der Waals surface area contributed by atoms with Gasteiger partial charge in [0.1, 0.15) is 0 Å². The fourth-order valence-electron chi connectivity index (χ4n) is 2.28. The standard InChI is InChI=1S/C17H15BrN2O/c18-15-6-8-16(9-7-15)20-13-12-19(17(20)21)11-10-14-4-2-1-3-5-14/h1-9,12-13H,10-11H2. The number of nitrogens with zero attached hydrogens (tertiary/aromatic N) is 2. The number of hydrogen-bond donors (Lipinski definition) is 0. The van der Waals surface area contributed by atoms with Crippen molar-refractivity contribution in [2.24, 2.45) is 0 Å². The van der Waals surface area contributed by atoms with Crippen LogP contribution in [0, 0.1) is 0 Å². The van der Waals surface area contributed by atoms with Crippen LogP contribution >= 0.6 is 15.9 Å². The molecule has 2 aromatic carbocycles. The van der Waals surface area contributed by atoms with E-state index >= 15 is 0 Å². The monoisotopic (exact) mass is 342 g/mol. The maximum absolute atomic E-state index is 12.4. The second kappa shape index (κ2) is 6.14. The SMILES string of the molecule is O=c1n(CCc2ccccc2)ccn1-c1ccc(Br)cc1. The molecule has 0 aliphatic carbocycles. The second-order valence-corrected chi connectivity index (χ2v) is 5.77. The summed E-state index contributed by atoms with van der Waals surface area (Å²) in [6, 6.07) is 17.9. The van der Waals surface area contributed by atoms with E-state index in [0.717, 1.165) is 16.6 Å². The quantitative estimate of drug-likeness (QED) is 0.710. The van der Waals surface area contributed by atoms with E-state index in [9.17, 15) is 4.79 Å². The van der Waals surface area contributed by atoms with E-state index in [1.165, 1.54) is 5.56 Å². The summed E-state index contributed by atoms with van der Waals surface area (Å²) >= 11 is 3.40. The first kappa shape index (κ1) is 13.9. The summed E-state index contributed by atoms with van der Waals surface area (Å²) in [7, 11) is 0. The van der Waals surface area contributed by atoms with Gasteiger partial charge in [-0.3, -0.25) is 9.13 Å². The minimum Gasteiger partial charge on any atom is -0.299 e. The molecule has 0 atom stereocenters. The van der Waals surface area contributed by atoms with Crippen LogP contribution in [0.4, 0.5) is 0 Å². The predicted molar refractivity (Wildman–Crippen MR) is 87.9 cm³/mol. The third-order valence-electron chi connectivity index (χ3n) is 3.44. The highest BCUT2D eigenvalue weighted by Gasteiger charge is 2.05. The summed E-state index contributed by atoms with van der Waals surface area (Å²) in [5.74, 6) is 0. The molecule has 4 heteroatoms. The number of halogens is 1. The van der Waals surface area contributed by atoms with Gasteiger partial charge in [-0.25, -0.2) is 4.79 Å². The smallest absolute Gasteiger partial charge is 0.299 e. The lowest BCUT2D eigenvalue weighted by Gasteiger charge is -2.03. The van der Waals surface area contributed by atoms with Crippen LogP contribution in [0.25, 0.3) is 5.69 Å². The molecule has 0 fully saturated rings. The Labute approximate surface area is 131 Å². The molecule has 0 aliphatic rings. The predicted octanol–water partition coefficient (Wildman–Crippen LogP) is 3.64. The van der Waals surface area contributed by atoms with E-state index < -0.39 is 0 Å². The minimum atomic E-state index is -0.00625. The minimum absolute atomic E-state index is 0.00625. The van der Waals surface area contributed by atoms with Crippen molar-refractivity contribution in [2.75, 3.05) is 0 Å². The third kappa shape index (κ3) is 3.16. The average molecular weight is 343 g/mol. The van der Waals surface area contributed by atoms with Gasteiger partial charge in [-0.2, -0.15) is 0 Å². The second-order valence-electron chi connectivity index (χ2n) is 4.86. The van der Waals surface area contributed by atoms with Crippen molar-refractivity contribution in [1.82, 2.24) is 9.13 Å². The normalized spacial score (nSPS) is 10.7. The van der Waals surface area contributed by atoms with Crippen molar-refractivity contribution in [2.45, 2.75) is 13.0 Å². The van der Waals surface area contributed by atoms with Crippen LogP contribution in [0.3, 0.4) is 0 Å². The first-order chi connectivity index (χ1) is 10.2. The maximum atomic E-state index is 12.4. The van der Waals surface area contributed by atoms with Gasteiger partial charge < -0.3 is 0 Å². The van der Waals surface area contributed by atoms with E-state index in [2.05, 4.69) is 28.1 Å². The van der Waals surface area contributed by atoms with Gasteiger partial charge in [-0.15, -0.1) is 0 Å². The molecule has 3 aromatic rings. The largest absolute Gasteiger partial charge is 0.332 e. The van der Waals surface area contributed by atoms with Gasteiger partial charge in [0.25, 0.3) is 0 Å². The average Bonchev–Trinajstić information content (AvgIpc) is 2.88. The van der Waals surface area contributed by atoms with Crippen LogP contribution in [-0.2, 0) is 13.0 Å². The van der Waals surface area contributed by atoms with Gasteiger partial charge in [0, 0.05) is 23.4 Å². The third-order valence-corrected chi connectivity index (χ3v) is 3.97. The summed E-state index contributed by atoms with van der Waals surface area (Å²) in [6.45, 7) is 0.687. The number of rotatable bonds is 4. The lowest BCUT2D eigenvalue weighted by atomic mass is 10.1. The Morgan fingerprint density at radius 1 is 0.905 bits per heavy atom. The highest BCUT2D eigenvalue weighted by Crippen LogP contribution is 2.12. The van der Waals surface area contributed by atoms with Crippen LogP contribution < -0.4 is 5.69 Å². The lowest BCUT2D eigenvalue weighted by molar-refractivity contribution is 0.661. The van der Waals surface area contributed by atoms with Crippen LogP contribution in [0.5, 0.6) is 0 Å². The highest BCUT2D eigenvalue weighted by atomic mass is 79.9. The molecule has 0 aliphatic heterocycles. The van der Waals surface area contributed by atoms with E-state index in [-0.39, 0.29) is 5.69 Å². The van der Waals surface area contributed by atoms with Crippen molar-refractivity contribution in [1.29, 1.82) is 0 Å². The zero-order chi connectivity index (χ0) is 14.7. The Kier molecular flexibility index (Phi) is 4.06. The Morgan fingerprint density at radius 3 is 2.33 bits per heavy atom. The summed E-state index contributed by atoms with van der Waals surface area (Å²) in [5, 5.41) is 0. The Balaban J connectivity index is 1.79. The van der Waals surface area contributed by atoms with Gasteiger partial charge in [-0.05, 0) is 36.2 Å². The zero-order valence-electron chi connectivity index (χ0n) is 11.4. The molecule has 1 heterocycles. The van der Waals surface area contributed by atoms with Crippen LogP contribution in [0.2, 0.25) is 0 Å². The Hall–Kier alpha value is -2.07. The van der Waals surface area contributed by atoms with E-state index in [1.54, 1.807) is 9.13 Å². The number of aryl methyl sites for hydroxylation is 2. The van der Waals surface area contributed by atoms with E-state index in [1.807, 2.05) is 54.9 Å². The lowest BCUT2D eigenvalue weighted by Crippen LogP contribution is -2.23. The first-order valence-electron chi connectivity index (χ1n) is 6.82.